The second kappa shape index (κ2) is 3.99. The third-order valence-corrected chi connectivity index (χ3v) is 3.90. The van der Waals surface area contributed by atoms with E-state index in [1.807, 2.05) is 24.3 Å². The van der Waals surface area contributed by atoms with Crippen molar-refractivity contribution in [3.8, 4) is 6.07 Å². The Kier molecular flexibility index (Phi) is 2.45. The third kappa shape index (κ3) is 1.62. The van der Waals surface area contributed by atoms with Crippen LogP contribution in [0.3, 0.4) is 0 Å². The zero-order valence-electron chi connectivity index (χ0n) is 10.1. The molecule has 1 saturated heterocycles. The molecule has 0 bridgehead atoms. The van der Waals surface area contributed by atoms with Gasteiger partial charge in [0.1, 0.15) is 0 Å². The highest BCUT2D eigenvalue weighted by Gasteiger charge is 2.42. The van der Waals surface area contributed by atoms with Gasteiger partial charge in [0.05, 0.1) is 17.2 Å². The molecule has 0 amide bonds. The molecule has 1 atom stereocenters. The maximum atomic E-state index is 11.5. The Balaban J connectivity index is 1.93. The standard InChI is InChI=1S/C15H14N2O/c16-11-12-2-4-13(5-3-12)17-9-1-7-15(17)8-6-14(18)10-15/h2-6,8H,1,7,9-10H2/t15-/m0/s1. The maximum absolute atomic E-state index is 11.5. The van der Waals surface area contributed by atoms with Crippen molar-refractivity contribution < 1.29 is 4.79 Å². The zero-order valence-corrected chi connectivity index (χ0v) is 10.1. The van der Waals surface area contributed by atoms with Crippen molar-refractivity contribution in [2.45, 2.75) is 24.8 Å². The van der Waals surface area contributed by atoms with E-state index in [-0.39, 0.29) is 11.3 Å². The minimum atomic E-state index is -0.106. The first-order valence-electron chi connectivity index (χ1n) is 6.23. The number of nitrogens with zero attached hydrogens (tertiary/aromatic N) is 2. The molecule has 3 nitrogen and oxygen atoms in total. The lowest BCUT2D eigenvalue weighted by Crippen LogP contribution is -2.41. The summed E-state index contributed by atoms with van der Waals surface area (Å²) in [6.07, 6.45) is 6.50. The lowest BCUT2D eigenvalue weighted by atomic mass is 9.95. The highest BCUT2D eigenvalue weighted by atomic mass is 16.1. The van der Waals surface area contributed by atoms with Crippen molar-refractivity contribution in [1.29, 1.82) is 5.26 Å². The Morgan fingerprint density at radius 3 is 2.67 bits per heavy atom. The first-order valence-corrected chi connectivity index (χ1v) is 6.23. The molecule has 1 aliphatic carbocycles. The first kappa shape index (κ1) is 11.0. The number of ketones is 1. The van der Waals surface area contributed by atoms with Crippen molar-refractivity contribution in [3.05, 3.63) is 42.0 Å². The van der Waals surface area contributed by atoms with Crippen LogP contribution >= 0.6 is 0 Å². The first-order chi connectivity index (χ1) is 8.73. The van der Waals surface area contributed by atoms with Crippen LogP contribution in [-0.2, 0) is 4.79 Å². The average Bonchev–Trinajstić information content (AvgIpc) is 2.97. The summed E-state index contributed by atoms with van der Waals surface area (Å²) in [6, 6.07) is 9.75. The molecule has 1 heterocycles. The van der Waals surface area contributed by atoms with Crippen LogP contribution in [0.1, 0.15) is 24.8 Å². The summed E-state index contributed by atoms with van der Waals surface area (Å²) in [7, 11) is 0. The van der Waals surface area contributed by atoms with E-state index in [0.717, 1.165) is 25.1 Å². The van der Waals surface area contributed by atoms with Gasteiger partial charge in [-0.1, -0.05) is 6.08 Å². The van der Waals surface area contributed by atoms with E-state index in [9.17, 15) is 4.79 Å². The molecule has 1 fully saturated rings. The largest absolute Gasteiger partial charge is 0.362 e. The van der Waals surface area contributed by atoms with E-state index >= 15 is 0 Å². The fourth-order valence-electron chi connectivity index (χ4n) is 3.03. The Bertz CT molecular complexity index is 553. The molecule has 0 radical (unpaired) electrons. The minimum Gasteiger partial charge on any atom is -0.362 e. The predicted octanol–water partition coefficient (Wildman–Crippen LogP) is 2.43. The van der Waals surface area contributed by atoms with Crippen LogP contribution in [0.25, 0.3) is 0 Å². The summed E-state index contributed by atoms with van der Waals surface area (Å²) in [5.74, 6) is 0.218. The van der Waals surface area contributed by atoms with E-state index in [2.05, 4.69) is 17.0 Å². The van der Waals surface area contributed by atoms with Gasteiger partial charge in [-0.3, -0.25) is 4.79 Å². The Morgan fingerprint density at radius 2 is 2.06 bits per heavy atom. The van der Waals surface area contributed by atoms with Crippen LogP contribution in [0, 0.1) is 11.3 Å². The van der Waals surface area contributed by atoms with Crippen LogP contribution in [0.2, 0.25) is 0 Å². The number of rotatable bonds is 1. The molecule has 3 heteroatoms. The maximum Gasteiger partial charge on any atom is 0.158 e. The van der Waals surface area contributed by atoms with Crippen molar-refractivity contribution >= 4 is 11.5 Å². The fraction of sp³-hybridized carbons (Fsp3) is 0.333. The SMILES string of the molecule is N#Cc1ccc(N2CCC[C@@]23C=CC(=O)C3)cc1. The molecule has 0 N–H and O–H groups in total. The highest BCUT2D eigenvalue weighted by molar-refractivity contribution is 5.95. The van der Waals surface area contributed by atoms with Gasteiger partial charge in [0, 0.05) is 18.7 Å². The number of nitriles is 1. The quantitative estimate of drug-likeness (QED) is 0.754. The summed E-state index contributed by atoms with van der Waals surface area (Å²) < 4.78 is 0. The van der Waals surface area contributed by atoms with Gasteiger partial charge in [-0.15, -0.1) is 0 Å². The van der Waals surface area contributed by atoms with Gasteiger partial charge in [-0.2, -0.15) is 5.26 Å². The number of carbonyl (C=O) groups excluding carboxylic acids is 1. The van der Waals surface area contributed by atoms with Gasteiger partial charge >= 0.3 is 0 Å². The van der Waals surface area contributed by atoms with Gasteiger partial charge in [-0.25, -0.2) is 0 Å². The third-order valence-electron chi connectivity index (χ3n) is 3.90. The topological polar surface area (TPSA) is 44.1 Å². The van der Waals surface area contributed by atoms with Crippen LogP contribution in [0.5, 0.6) is 0 Å². The predicted molar refractivity (Wildman–Crippen MR) is 69.2 cm³/mol. The van der Waals surface area contributed by atoms with Gasteiger partial charge < -0.3 is 4.90 Å². The molecule has 18 heavy (non-hydrogen) atoms. The molecule has 0 saturated carbocycles. The molecule has 1 aliphatic heterocycles. The van der Waals surface area contributed by atoms with E-state index < -0.39 is 0 Å². The average molecular weight is 238 g/mol. The van der Waals surface area contributed by atoms with E-state index in [1.54, 1.807) is 6.08 Å². The molecular formula is C15H14N2O. The fourth-order valence-corrected chi connectivity index (χ4v) is 3.03. The molecule has 1 spiro atoms. The number of carbonyl (C=O) groups is 1. The second-order valence-electron chi connectivity index (χ2n) is 4.99. The molecule has 2 aliphatic rings. The van der Waals surface area contributed by atoms with Crippen molar-refractivity contribution in [1.82, 2.24) is 0 Å². The highest BCUT2D eigenvalue weighted by Crippen LogP contribution is 2.40. The smallest absolute Gasteiger partial charge is 0.158 e. The number of benzene rings is 1. The number of anilines is 1. The summed E-state index contributed by atoms with van der Waals surface area (Å²) in [5, 5.41) is 8.81. The Labute approximate surface area is 106 Å². The normalized spacial score (nSPS) is 25.9. The molecular weight excluding hydrogens is 224 g/mol. The summed E-state index contributed by atoms with van der Waals surface area (Å²) in [4.78, 5) is 13.8. The molecule has 0 aromatic heterocycles. The van der Waals surface area contributed by atoms with Crippen molar-refractivity contribution in [3.63, 3.8) is 0 Å². The van der Waals surface area contributed by atoms with E-state index in [4.69, 9.17) is 5.26 Å². The summed E-state index contributed by atoms with van der Waals surface area (Å²) in [5.41, 5.74) is 1.67. The minimum absolute atomic E-state index is 0.106. The molecule has 0 unspecified atom stereocenters. The van der Waals surface area contributed by atoms with Crippen LogP contribution in [-0.4, -0.2) is 17.9 Å². The number of hydrogen-bond donors (Lipinski definition) is 0. The molecule has 1 aromatic carbocycles. The van der Waals surface area contributed by atoms with Gasteiger partial charge in [-0.05, 0) is 43.2 Å². The lowest BCUT2D eigenvalue weighted by Gasteiger charge is -2.35. The number of hydrogen-bond acceptors (Lipinski definition) is 3. The second-order valence-corrected chi connectivity index (χ2v) is 4.99. The van der Waals surface area contributed by atoms with Crippen LogP contribution in [0.4, 0.5) is 5.69 Å². The molecule has 90 valence electrons. The molecule has 3 rings (SSSR count). The Hall–Kier alpha value is -2.08. The summed E-state index contributed by atoms with van der Waals surface area (Å²) >= 11 is 0. The van der Waals surface area contributed by atoms with Crippen molar-refractivity contribution in [2.24, 2.45) is 0 Å². The summed E-state index contributed by atoms with van der Waals surface area (Å²) in [6.45, 7) is 0.976. The van der Waals surface area contributed by atoms with Crippen LogP contribution in [0.15, 0.2) is 36.4 Å². The van der Waals surface area contributed by atoms with E-state index in [1.165, 1.54) is 0 Å². The number of allylic oxidation sites excluding steroid dienone is 1. The van der Waals surface area contributed by atoms with Crippen LogP contribution < -0.4 is 4.90 Å². The van der Waals surface area contributed by atoms with Crippen molar-refractivity contribution in [2.75, 3.05) is 11.4 Å². The van der Waals surface area contributed by atoms with Gasteiger partial charge in [0.2, 0.25) is 0 Å². The Morgan fingerprint density at radius 1 is 1.28 bits per heavy atom. The van der Waals surface area contributed by atoms with Gasteiger partial charge in [0.15, 0.2) is 5.78 Å². The van der Waals surface area contributed by atoms with Gasteiger partial charge in [0.25, 0.3) is 0 Å². The molecule has 1 aromatic rings. The monoisotopic (exact) mass is 238 g/mol. The van der Waals surface area contributed by atoms with E-state index in [0.29, 0.717) is 12.0 Å². The zero-order chi connectivity index (χ0) is 12.6. The lowest BCUT2D eigenvalue weighted by molar-refractivity contribution is -0.114.